The van der Waals surface area contributed by atoms with Crippen molar-refractivity contribution in [2.24, 2.45) is 5.73 Å². The number of primary amides is 1. The van der Waals surface area contributed by atoms with Crippen LogP contribution in [0.15, 0.2) is 73.1 Å². The number of hydrogen-bond donors (Lipinski definition) is 4. The van der Waals surface area contributed by atoms with Crippen LogP contribution >= 0.6 is 23.2 Å². The lowest BCUT2D eigenvalue weighted by Crippen LogP contribution is -2.39. The Morgan fingerprint density at radius 3 is 2.61 bits per heavy atom. The predicted octanol–water partition coefficient (Wildman–Crippen LogP) is 4.55. The number of imidazole rings is 1. The summed E-state index contributed by atoms with van der Waals surface area (Å²) in [5.74, 6) is -0.0981. The maximum atomic E-state index is 13.2. The van der Waals surface area contributed by atoms with Gasteiger partial charge >= 0.3 is 6.03 Å². The van der Waals surface area contributed by atoms with Crippen molar-refractivity contribution in [2.45, 2.75) is 25.9 Å². The molecule has 5 aromatic rings. The maximum absolute atomic E-state index is 13.2. The minimum absolute atomic E-state index is 0.138. The van der Waals surface area contributed by atoms with E-state index in [4.69, 9.17) is 33.9 Å². The first-order valence-electron chi connectivity index (χ1n) is 12.5. The Kier molecular flexibility index (Phi) is 8.27. The topological polar surface area (TPSA) is 156 Å². The van der Waals surface area contributed by atoms with E-state index in [0.29, 0.717) is 44.9 Å². The number of amides is 3. The summed E-state index contributed by atoms with van der Waals surface area (Å²) in [6.07, 6.45) is 1.76. The standard InChI is InChI=1S/C28H25Cl2N9O2/c1-16-5-7-18(8-6-16)24-25(30)36-27(35-24)22(12-17-3-2-4-19(11-17)26(31)40)34-28(41)32-14-20-13-21(29)9-10-23(20)39-15-33-37-38-39/h2-11,13,15,22H,12,14H2,1H3,(H2,31,40)(H,35,36)(H2,32,34,41)/t22-/m0/s1. The largest absolute Gasteiger partial charge is 0.366 e. The minimum atomic E-state index is -0.631. The number of nitrogens with zero attached hydrogens (tertiary/aromatic N) is 5. The lowest BCUT2D eigenvalue weighted by Gasteiger charge is -2.18. The molecule has 0 unspecified atom stereocenters. The van der Waals surface area contributed by atoms with E-state index in [2.05, 4.69) is 31.1 Å². The maximum Gasteiger partial charge on any atom is 0.315 e. The van der Waals surface area contributed by atoms with Gasteiger partial charge in [0.1, 0.15) is 23.0 Å². The molecule has 0 spiro atoms. The monoisotopic (exact) mass is 589 g/mol. The summed E-state index contributed by atoms with van der Waals surface area (Å²) in [6.45, 7) is 2.13. The van der Waals surface area contributed by atoms with Gasteiger partial charge in [-0.3, -0.25) is 4.79 Å². The second kappa shape index (κ2) is 12.2. The fourth-order valence-electron chi connectivity index (χ4n) is 4.32. The molecule has 0 aliphatic carbocycles. The van der Waals surface area contributed by atoms with Gasteiger partial charge in [0.15, 0.2) is 0 Å². The molecule has 0 fully saturated rings. The normalized spacial score (nSPS) is 11.7. The highest BCUT2D eigenvalue weighted by molar-refractivity contribution is 6.32. The first-order valence-corrected chi connectivity index (χ1v) is 13.3. The lowest BCUT2D eigenvalue weighted by molar-refractivity contribution is 0.1000. The Hall–Kier alpha value is -4.74. The minimum Gasteiger partial charge on any atom is -0.366 e. The summed E-state index contributed by atoms with van der Waals surface area (Å²) in [5.41, 5.74) is 10.5. The summed E-state index contributed by atoms with van der Waals surface area (Å²) in [5, 5.41) is 17.9. The van der Waals surface area contributed by atoms with Crippen LogP contribution in [0.2, 0.25) is 10.2 Å². The first-order chi connectivity index (χ1) is 19.8. The zero-order valence-corrected chi connectivity index (χ0v) is 23.3. The SMILES string of the molecule is Cc1ccc(-c2nc([C@H](Cc3cccc(C(N)=O)c3)NC(=O)NCc3cc(Cl)ccc3-n3cnnn3)[nH]c2Cl)cc1. The summed E-state index contributed by atoms with van der Waals surface area (Å²) < 4.78 is 1.48. The molecule has 2 aromatic heterocycles. The third-order valence-corrected chi connectivity index (χ3v) is 6.88. The molecule has 208 valence electrons. The molecule has 0 aliphatic heterocycles. The fraction of sp³-hybridized carbons (Fsp3) is 0.143. The van der Waals surface area contributed by atoms with Crippen LogP contribution in [0, 0.1) is 6.92 Å². The highest BCUT2D eigenvalue weighted by atomic mass is 35.5. The van der Waals surface area contributed by atoms with Gasteiger partial charge in [0.25, 0.3) is 0 Å². The number of aryl methyl sites for hydroxylation is 1. The summed E-state index contributed by atoms with van der Waals surface area (Å²) >= 11 is 12.8. The van der Waals surface area contributed by atoms with Gasteiger partial charge in [0, 0.05) is 22.7 Å². The van der Waals surface area contributed by atoms with Crippen molar-refractivity contribution in [3.63, 3.8) is 0 Å². The van der Waals surface area contributed by atoms with E-state index in [1.807, 2.05) is 37.3 Å². The predicted molar refractivity (Wildman–Crippen MR) is 155 cm³/mol. The van der Waals surface area contributed by atoms with Gasteiger partial charge in [0.2, 0.25) is 5.91 Å². The number of halogens is 2. The quantitative estimate of drug-likeness (QED) is 0.197. The Morgan fingerprint density at radius 2 is 1.88 bits per heavy atom. The van der Waals surface area contributed by atoms with E-state index >= 15 is 0 Å². The van der Waals surface area contributed by atoms with Crippen molar-refractivity contribution in [1.29, 1.82) is 0 Å². The van der Waals surface area contributed by atoms with Crippen molar-refractivity contribution < 1.29 is 9.59 Å². The van der Waals surface area contributed by atoms with Crippen molar-refractivity contribution in [2.75, 3.05) is 0 Å². The molecular formula is C28H25Cl2N9O2. The van der Waals surface area contributed by atoms with Gasteiger partial charge in [-0.2, -0.15) is 0 Å². The number of carbonyl (C=O) groups is 2. The van der Waals surface area contributed by atoms with Gasteiger partial charge in [-0.05, 0) is 65.2 Å². The number of rotatable bonds is 9. The molecule has 0 saturated heterocycles. The molecule has 3 aromatic carbocycles. The molecule has 0 aliphatic rings. The van der Waals surface area contributed by atoms with Crippen LogP contribution in [-0.2, 0) is 13.0 Å². The van der Waals surface area contributed by atoms with Gasteiger partial charge in [-0.25, -0.2) is 14.5 Å². The van der Waals surface area contributed by atoms with E-state index in [-0.39, 0.29) is 6.54 Å². The highest BCUT2D eigenvalue weighted by Crippen LogP contribution is 2.29. The van der Waals surface area contributed by atoms with Gasteiger partial charge in [0.05, 0.1) is 11.7 Å². The molecule has 11 nitrogen and oxygen atoms in total. The van der Waals surface area contributed by atoms with Crippen molar-refractivity contribution >= 4 is 35.1 Å². The molecule has 3 amide bonds. The Labute approximate surface area is 245 Å². The summed E-state index contributed by atoms with van der Waals surface area (Å²) in [7, 11) is 0. The summed E-state index contributed by atoms with van der Waals surface area (Å²) in [4.78, 5) is 32.8. The second-order valence-electron chi connectivity index (χ2n) is 9.33. The van der Waals surface area contributed by atoms with Gasteiger partial charge in [-0.1, -0.05) is 65.2 Å². The molecular weight excluding hydrogens is 565 g/mol. The number of tetrazole rings is 1. The van der Waals surface area contributed by atoms with E-state index in [1.54, 1.807) is 36.4 Å². The zero-order valence-electron chi connectivity index (χ0n) is 21.8. The van der Waals surface area contributed by atoms with Crippen LogP contribution < -0.4 is 16.4 Å². The van der Waals surface area contributed by atoms with Crippen LogP contribution in [-0.4, -0.2) is 42.1 Å². The van der Waals surface area contributed by atoms with E-state index in [1.165, 1.54) is 11.0 Å². The van der Waals surface area contributed by atoms with Crippen LogP contribution in [0.25, 0.3) is 16.9 Å². The lowest BCUT2D eigenvalue weighted by atomic mass is 10.0. The number of aromatic nitrogens is 6. The zero-order chi connectivity index (χ0) is 28.9. The second-order valence-corrected chi connectivity index (χ2v) is 10.1. The van der Waals surface area contributed by atoms with E-state index in [9.17, 15) is 9.59 Å². The highest BCUT2D eigenvalue weighted by Gasteiger charge is 2.22. The third-order valence-electron chi connectivity index (χ3n) is 6.37. The number of hydrogen-bond acceptors (Lipinski definition) is 6. The molecule has 41 heavy (non-hydrogen) atoms. The molecule has 0 bridgehead atoms. The van der Waals surface area contributed by atoms with Crippen LogP contribution in [0.3, 0.4) is 0 Å². The molecule has 5 N–H and O–H groups in total. The first kappa shape index (κ1) is 27.8. The van der Waals surface area contributed by atoms with E-state index < -0.39 is 18.0 Å². The number of aromatic amines is 1. The number of nitrogens with two attached hydrogens (primary N) is 1. The van der Waals surface area contributed by atoms with Gasteiger partial charge < -0.3 is 21.4 Å². The van der Waals surface area contributed by atoms with Crippen LogP contribution in [0.5, 0.6) is 0 Å². The van der Waals surface area contributed by atoms with Crippen molar-refractivity contribution in [3.05, 3.63) is 111 Å². The Morgan fingerprint density at radius 1 is 1.07 bits per heavy atom. The number of urea groups is 1. The molecule has 0 radical (unpaired) electrons. The van der Waals surface area contributed by atoms with E-state index in [0.717, 1.165) is 16.7 Å². The molecule has 2 heterocycles. The molecule has 5 rings (SSSR count). The number of H-pyrrole nitrogens is 1. The average molecular weight is 590 g/mol. The van der Waals surface area contributed by atoms with Crippen LogP contribution in [0.1, 0.15) is 38.9 Å². The number of nitrogens with one attached hydrogen (secondary N) is 3. The smallest absolute Gasteiger partial charge is 0.315 e. The molecule has 13 heteroatoms. The third kappa shape index (κ3) is 6.71. The number of carbonyl (C=O) groups excluding carboxylic acids is 2. The van der Waals surface area contributed by atoms with Crippen molar-refractivity contribution in [3.8, 4) is 16.9 Å². The Bertz CT molecular complexity index is 1690. The fourth-order valence-corrected chi connectivity index (χ4v) is 4.76. The molecule has 0 saturated carbocycles. The number of benzene rings is 3. The van der Waals surface area contributed by atoms with Gasteiger partial charge in [-0.15, -0.1) is 5.10 Å². The average Bonchev–Trinajstić information content (AvgIpc) is 3.62. The van der Waals surface area contributed by atoms with Crippen LogP contribution in [0.4, 0.5) is 4.79 Å². The molecule has 1 atom stereocenters. The Balaban J connectivity index is 1.40. The summed E-state index contributed by atoms with van der Waals surface area (Å²) in [6, 6.07) is 18.8. The van der Waals surface area contributed by atoms with Crippen molar-refractivity contribution in [1.82, 2.24) is 40.8 Å².